The molecule has 1 N–H and O–H groups in total. The zero-order chi connectivity index (χ0) is 21.4. The molecule has 0 aliphatic heterocycles. The van der Waals surface area contributed by atoms with Crippen molar-refractivity contribution in [3.05, 3.63) is 54.1 Å². The summed E-state index contributed by atoms with van der Waals surface area (Å²) >= 11 is 0. The van der Waals surface area contributed by atoms with Crippen molar-refractivity contribution in [3.63, 3.8) is 0 Å². The van der Waals surface area contributed by atoms with Gasteiger partial charge in [0.1, 0.15) is 17.9 Å². The Labute approximate surface area is 169 Å². The van der Waals surface area contributed by atoms with Gasteiger partial charge in [0, 0.05) is 0 Å². The van der Waals surface area contributed by atoms with E-state index in [9.17, 15) is 9.90 Å². The Morgan fingerprint density at radius 2 is 1.48 bits per heavy atom. The van der Waals surface area contributed by atoms with E-state index in [1.54, 1.807) is 36.4 Å². The average Bonchev–Trinajstić information content (AvgIpc) is 2.75. The first kappa shape index (κ1) is 21.7. The number of ketones is 1. The van der Waals surface area contributed by atoms with Crippen LogP contribution >= 0.6 is 0 Å². The second kappa shape index (κ2) is 10.1. The minimum atomic E-state index is -0.495. The highest BCUT2D eigenvalue weighted by Crippen LogP contribution is 2.53. The lowest BCUT2D eigenvalue weighted by molar-refractivity contribution is 0.104. The number of allylic oxidation sites excluding steroid dienone is 1. The van der Waals surface area contributed by atoms with Crippen molar-refractivity contribution in [1.82, 2.24) is 0 Å². The van der Waals surface area contributed by atoms with Crippen LogP contribution in [-0.2, 0) is 0 Å². The third-order valence-corrected chi connectivity index (χ3v) is 4.04. The SMILES string of the molecule is C=CCOc1ccc(/C=C\C(=O)c2c(O)c(OC)c(OC)c(OC)c2OC)cc1. The summed E-state index contributed by atoms with van der Waals surface area (Å²) in [5, 5.41) is 10.6. The number of aromatic hydroxyl groups is 1. The summed E-state index contributed by atoms with van der Waals surface area (Å²) in [5.74, 6) is 0.0916. The number of benzene rings is 2. The quantitative estimate of drug-likeness (QED) is 0.368. The zero-order valence-electron chi connectivity index (χ0n) is 16.9. The van der Waals surface area contributed by atoms with Gasteiger partial charge < -0.3 is 28.8 Å². The van der Waals surface area contributed by atoms with E-state index >= 15 is 0 Å². The van der Waals surface area contributed by atoms with E-state index < -0.39 is 11.5 Å². The summed E-state index contributed by atoms with van der Waals surface area (Å²) in [6.07, 6.45) is 4.59. The molecule has 0 aromatic heterocycles. The zero-order valence-corrected chi connectivity index (χ0v) is 16.9. The predicted molar refractivity (Wildman–Crippen MR) is 110 cm³/mol. The number of phenolic OH excluding ortho intramolecular Hbond substituents is 1. The van der Waals surface area contributed by atoms with Gasteiger partial charge in [-0.05, 0) is 23.8 Å². The van der Waals surface area contributed by atoms with Crippen LogP contribution in [0.1, 0.15) is 15.9 Å². The third kappa shape index (κ3) is 4.63. The minimum Gasteiger partial charge on any atom is -0.504 e. The van der Waals surface area contributed by atoms with Gasteiger partial charge in [0.2, 0.25) is 17.2 Å². The molecular formula is C22H24O7. The van der Waals surface area contributed by atoms with Crippen LogP contribution in [0, 0.1) is 0 Å². The molecule has 2 aromatic rings. The predicted octanol–water partition coefficient (Wildman–Crippen LogP) is 3.89. The summed E-state index contributed by atoms with van der Waals surface area (Å²) in [6.45, 7) is 4.01. The highest BCUT2D eigenvalue weighted by atomic mass is 16.5. The Kier molecular flexibility index (Phi) is 7.54. The average molecular weight is 400 g/mol. The second-order valence-electron chi connectivity index (χ2n) is 5.72. The molecule has 29 heavy (non-hydrogen) atoms. The van der Waals surface area contributed by atoms with Gasteiger partial charge in [0.25, 0.3) is 0 Å². The van der Waals surface area contributed by atoms with Crippen LogP contribution in [0.5, 0.6) is 34.5 Å². The first-order valence-electron chi connectivity index (χ1n) is 8.67. The molecule has 0 saturated carbocycles. The fourth-order valence-electron chi connectivity index (χ4n) is 2.72. The Hall–Kier alpha value is -3.61. The first-order chi connectivity index (χ1) is 14.0. The number of carbonyl (C=O) groups excluding carboxylic acids is 1. The van der Waals surface area contributed by atoms with Crippen molar-refractivity contribution in [2.24, 2.45) is 0 Å². The molecule has 154 valence electrons. The van der Waals surface area contributed by atoms with E-state index in [2.05, 4.69) is 6.58 Å². The molecule has 2 aromatic carbocycles. The van der Waals surface area contributed by atoms with Crippen molar-refractivity contribution in [1.29, 1.82) is 0 Å². The number of hydrogen-bond acceptors (Lipinski definition) is 7. The fraction of sp³-hybridized carbons (Fsp3) is 0.227. The maximum atomic E-state index is 12.8. The standard InChI is InChI=1S/C22H24O7/c1-6-13-29-15-10-7-14(8-11-15)9-12-16(23)17-18(24)20(26-3)22(28-5)21(27-4)19(17)25-2/h6-12,24H,1,13H2,2-5H3/b12-9-. The van der Waals surface area contributed by atoms with E-state index in [1.165, 1.54) is 34.5 Å². The highest BCUT2D eigenvalue weighted by Gasteiger charge is 2.30. The van der Waals surface area contributed by atoms with Gasteiger partial charge >= 0.3 is 0 Å². The van der Waals surface area contributed by atoms with Gasteiger partial charge in [-0.15, -0.1) is 0 Å². The third-order valence-electron chi connectivity index (χ3n) is 4.04. The van der Waals surface area contributed by atoms with E-state index in [0.29, 0.717) is 12.4 Å². The maximum Gasteiger partial charge on any atom is 0.211 e. The monoisotopic (exact) mass is 400 g/mol. The smallest absolute Gasteiger partial charge is 0.211 e. The Morgan fingerprint density at radius 3 is 2.00 bits per heavy atom. The summed E-state index contributed by atoms with van der Waals surface area (Å²) < 4.78 is 26.5. The molecule has 2 rings (SSSR count). The minimum absolute atomic E-state index is 0.0226. The number of rotatable bonds is 10. The van der Waals surface area contributed by atoms with Gasteiger partial charge in [0.05, 0.1) is 28.4 Å². The van der Waals surface area contributed by atoms with E-state index in [1.807, 2.05) is 0 Å². The first-order valence-corrected chi connectivity index (χ1v) is 8.67. The van der Waals surface area contributed by atoms with Crippen LogP contribution in [0.2, 0.25) is 0 Å². The van der Waals surface area contributed by atoms with Gasteiger partial charge in [-0.1, -0.05) is 30.9 Å². The van der Waals surface area contributed by atoms with Crippen molar-refractivity contribution in [3.8, 4) is 34.5 Å². The summed E-state index contributed by atoms with van der Waals surface area (Å²) in [7, 11) is 5.51. The highest BCUT2D eigenvalue weighted by molar-refractivity contribution is 6.12. The largest absolute Gasteiger partial charge is 0.504 e. The Morgan fingerprint density at radius 1 is 0.931 bits per heavy atom. The maximum absolute atomic E-state index is 12.8. The van der Waals surface area contributed by atoms with Gasteiger partial charge in [-0.2, -0.15) is 0 Å². The van der Waals surface area contributed by atoms with Crippen LogP contribution in [0.4, 0.5) is 0 Å². The molecule has 7 heteroatoms. The van der Waals surface area contributed by atoms with Gasteiger partial charge in [-0.3, -0.25) is 4.79 Å². The molecule has 0 amide bonds. The summed E-state index contributed by atoms with van der Waals surface area (Å²) in [5.41, 5.74) is 0.680. The lowest BCUT2D eigenvalue weighted by atomic mass is 10.0. The topological polar surface area (TPSA) is 83.5 Å². The van der Waals surface area contributed by atoms with Crippen LogP contribution in [0.15, 0.2) is 43.0 Å². The molecule has 0 bridgehead atoms. The second-order valence-corrected chi connectivity index (χ2v) is 5.72. The molecule has 0 aliphatic carbocycles. The molecule has 0 atom stereocenters. The number of methoxy groups -OCH3 is 4. The summed E-state index contributed by atoms with van der Waals surface area (Å²) in [6, 6.07) is 7.17. The molecule has 0 radical (unpaired) electrons. The van der Waals surface area contributed by atoms with Crippen LogP contribution < -0.4 is 23.7 Å². The molecule has 0 spiro atoms. The van der Waals surface area contributed by atoms with E-state index in [-0.39, 0.29) is 28.6 Å². The number of phenols is 1. The van der Waals surface area contributed by atoms with Gasteiger partial charge in [0.15, 0.2) is 17.3 Å². The molecular weight excluding hydrogens is 376 g/mol. The number of carbonyl (C=O) groups is 1. The van der Waals surface area contributed by atoms with Crippen molar-refractivity contribution >= 4 is 11.9 Å². The number of ether oxygens (including phenoxy) is 5. The van der Waals surface area contributed by atoms with Crippen molar-refractivity contribution in [2.75, 3.05) is 35.0 Å². The Bertz CT molecular complexity index is 899. The molecule has 7 nitrogen and oxygen atoms in total. The van der Waals surface area contributed by atoms with Crippen LogP contribution in [0.25, 0.3) is 6.08 Å². The molecule has 0 fully saturated rings. The molecule has 0 unspecified atom stereocenters. The lowest BCUT2D eigenvalue weighted by Crippen LogP contribution is -2.05. The van der Waals surface area contributed by atoms with Crippen LogP contribution in [-0.4, -0.2) is 45.9 Å². The van der Waals surface area contributed by atoms with Gasteiger partial charge in [-0.25, -0.2) is 0 Å². The fourth-order valence-corrected chi connectivity index (χ4v) is 2.72. The lowest BCUT2D eigenvalue weighted by Gasteiger charge is -2.19. The van der Waals surface area contributed by atoms with Crippen molar-refractivity contribution < 1.29 is 33.6 Å². The Balaban J connectivity index is 2.41. The molecule has 0 aliphatic rings. The van der Waals surface area contributed by atoms with E-state index in [4.69, 9.17) is 23.7 Å². The van der Waals surface area contributed by atoms with E-state index in [0.717, 1.165) is 5.56 Å². The molecule has 0 saturated heterocycles. The van der Waals surface area contributed by atoms with Crippen molar-refractivity contribution in [2.45, 2.75) is 0 Å². The molecule has 0 heterocycles. The van der Waals surface area contributed by atoms with Crippen LogP contribution in [0.3, 0.4) is 0 Å². The number of hydrogen-bond donors (Lipinski definition) is 1. The normalized spacial score (nSPS) is 10.5. The summed E-state index contributed by atoms with van der Waals surface area (Å²) in [4.78, 5) is 12.8.